The predicted octanol–water partition coefficient (Wildman–Crippen LogP) is 1.44. The van der Waals surface area contributed by atoms with Gasteiger partial charge in [-0.2, -0.15) is 0 Å². The van der Waals surface area contributed by atoms with Crippen molar-refractivity contribution in [1.82, 2.24) is 0 Å². The van der Waals surface area contributed by atoms with Gasteiger partial charge in [0.1, 0.15) is 11.0 Å². The summed E-state index contributed by atoms with van der Waals surface area (Å²) in [6.07, 6.45) is 1.10. The van der Waals surface area contributed by atoms with Crippen LogP contribution in [0.1, 0.15) is 12.2 Å². The quantitative estimate of drug-likeness (QED) is 0.768. The van der Waals surface area contributed by atoms with Crippen molar-refractivity contribution >= 4 is 23.7 Å². The fourth-order valence-corrected chi connectivity index (χ4v) is 1.89. The lowest BCUT2D eigenvalue weighted by Crippen LogP contribution is -2.20. The van der Waals surface area contributed by atoms with E-state index < -0.39 is 17.2 Å². The first-order valence-corrected chi connectivity index (χ1v) is 5.23. The van der Waals surface area contributed by atoms with E-state index in [2.05, 4.69) is 0 Å². The van der Waals surface area contributed by atoms with Crippen LogP contribution in [0.4, 0.5) is 0 Å². The Balaban J connectivity index is 2.45. The standard InChI is InChI=1S/C9H10O5S/c10-8(11)4-7(9(12)13)15-5-6-2-1-3-14-6/h1-3,7H,4-5H2,(H,10,11)(H,12,13). The third-order valence-corrected chi connectivity index (χ3v) is 2.86. The summed E-state index contributed by atoms with van der Waals surface area (Å²) in [4.78, 5) is 21.1. The molecule has 0 saturated carbocycles. The van der Waals surface area contributed by atoms with Crippen LogP contribution in [-0.2, 0) is 15.3 Å². The van der Waals surface area contributed by atoms with E-state index in [1.165, 1.54) is 6.26 Å². The van der Waals surface area contributed by atoms with E-state index in [1.807, 2.05) is 0 Å². The molecule has 1 heterocycles. The van der Waals surface area contributed by atoms with Crippen LogP contribution in [0.3, 0.4) is 0 Å². The Labute approximate surface area is 90.1 Å². The predicted molar refractivity (Wildman–Crippen MR) is 53.7 cm³/mol. The zero-order valence-corrected chi connectivity index (χ0v) is 8.57. The SMILES string of the molecule is O=C(O)CC(SCc1ccco1)C(=O)O. The maximum Gasteiger partial charge on any atom is 0.317 e. The largest absolute Gasteiger partial charge is 0.481 e. The number of hydrogen-bond acceptors (Lipinski definition) is 4. The van der Waals surface area contributed by atoms with Gasteiger partial charge in [0, 0.05) is 0 Å². The molecule has 0 fully saturated rings. The van der Waals surface area contributed by atoms with Crippen LogP contribution in [0.25, 0.3) is 0 Å². The molecule has 15 heavy (non-hydrogen) atoms. The normalized spacial score (nSPS) is 12.3. The monoisotopic (exact) mass is 230 g/mol. The number of carbonyl (C=O) groups is 2. The molecule has 0 aliphatic carbocycles. The first-order valence-electron chi connectivity index (χ1n) is 4.18. The molecule has 0 amide bonds. The number of thioether (sulfide) groups is 1. The number of aliphatic carboxylic acids is 2. The van der Waals surface area contributed by atoms with Crippen molar-refractivity contribution < 1.29 is 24.2 Å². The molecule has 1 rings (SSSR count). The number of rotatable bonds is 6. The molecule has 1 aromatic rings. The van der Waals surface area contributed by atoms with E-state index in [9.17, 15) is 9.59 Å². The number of hydrogen-bond donors (Lipinski definition) is 2. The summed E-state index contributed by atoms with van der Waals surface area (Å²) in [5.74, 6) is -1.24. The topological polar surface area (TPSA) is 87.7 Å². The molecular weight excluding hydrogens is 220 g/mol. The van der Waals surface area contributed by atoms with E-state index >= 15 is 0 Å². The summed E-state index contributed by atoms with van der Waals surface area (Å²) >= 11 is 1.04. The number of furan rings is 1. The van der Waals surface area contributed by atoms with E-state index in [0.29, 0.717) is 11.5 Å². The zero-order chi connectivity index (χ0) is 11.3. The molecule has 1 unspecified atom stereocenters. The van der Waals surface area contributed by atoms with Crippen LogP contribution in [-0.4, -0.2) is 27.4 Å². The Kier molecular flexibility index (Phi) is 4.23. The highest BCUT2D eigenvalue weighted by Gasteiger charge is 2.21. The van der Waals surface area contributed by atoms with Gasteiger partial charge < -0.3 is 14.6 Å². The molecule has 0 radical (unpaired) electrons. The average Bonchev–Trinajstić information content (AvgIpc) is 2.63. The van der Waals surface area contributed by atoms with Crippen molar-refractivity contribution in [2.45, 2.75) is 17.4 Å². The summed E-state index contributed by atoms with van der Waals surface area (Å²) in [6.45, 7) is 0. The smallest absolute Gasteiger partial charge is 0.317 e. The van der Waals surface area contributed by atoms with E-state index in [-0.39, 0.29) is 6.42 Å². The van der Waals surface area contributed by atoms with E-state index in [1.54, 1.807) is 12.1 Å². The minimum Gasteiger partial charge on any atom is -0.481 e. The van der Waals surface area contributed by atoms with Crippen molar-refractivity contribution in [1.29, 1.82) is 0 Å². The van der Waals surface area contributed by atoms with Gasteiger partial charge in [-0.1, -0.05) is 0 Å². The summed E-state index contributed by atoms with van der Waals surface area (Å²) in [5, 5.41) is 16.3. The minimum absolute atomic E-state index is 0.358. The second-order valence-electron chi connectivity index (χ2n) is 2.82. The second-order valence-corrected chi connectivity index (χ2v) is 4.01. The highest BCUT2D eigenvalue weighted by Crippen LogP contribution is 2.20. The van der Waals surface area contributed by atoms with Crippen molar-refractivity contribution in [3.8, 4) is 0 Å². The van der Waals surface area contributed by atoms with Gasteiger partial charge >= 0.3 is 11.9 Å². The Morgan fingerprint density at radius 1 is 1.47 bits per heavy atom. The molecule has 82 valence electrons. The first-order chi connectivity index (χ1) is 7.09. The third kappa shape index (κ3) is 4.07. The van der Waals surface area contributed by atoms with Gasteiger partial charge in [0.15, 0.2) is 0 Å². The van der Waals surface area contributed by atoms with Gasteiger partial charge in [0.2, 0.25) is 0 Å². The Bertz CT molecular complexity index is 332. The Morgan fingerprint density at radius 2 is 2.20 bits per heavy atom. The van der Waals surface area contributed by atoms with Crippen molar-refractivity contribution in [2.75, 3.05) is 0 Å². The first kappa shape index (κ1) is 11.6. The van der Waals surface area contributed by atoms with Crippen LogP contribution in [0.5, 0.6) is 0 Å². The Hall–Kier alpha value is -1.43. The lowest BCUT2D eigenvalue weighted by Gasteiger charge is -2.07. The molecule has 1 atom stereocenters. The van der Waals surface area contributed by atoms with Crippen LogP contribution in [0, 0.1) is 0 Å². The van der Waals surface area contributed by atoms with E-state index in [0.717, 1.165) is 11.8 Å². The van der Waals surface area contributed by atoms with Crippen molar-refractivity contribution in [3.05, 3.63) is 24.2 Å². The molecule has 5 nitrogen and oxygen atoms in total. The summed E-state index contributed by atoms with van der Waals surface area (Å²) in [7, 11) is 0. The lowest BCUT2D eigenvalue weighted by molar-refractivity contribution is -0.142. The molecule has 0 spiro atoms. The van der Waals surface area contributed by atoms with Gasteiger partial charge in [-0.05, 0) is 12.1 Å². The highest BCUT2D eigenvalue weighted by molar-refractivity contribution is 7.99. The molecular formula is C9H10O5S. The molecule has 0 aliphatic rings. The van der Waals surface area contributed by atoms with Crippen LogP contribution in [0.2, 0.25) is 0 Å². The number of carboxylic acid groups (broad SMARTS) is 2. The maximum atomic E-state index is 10.7. The molecule has 0 aromatic carbocycles. The van der Waals surface area contributed by atoms with Crippen molar-refractivity contribution in [2.24, 2.45) is 0 Å². The molecule has 6 heteroatoms. The van der Waals surface area contributed by atoms with Gasteiger partial charge in [0.25, 0.3) is 0 Å². The van der Waals surface area contributed by atoms with Crippen LogP contribution in [0.15, 0.2) is 22.8 Å². The minimum atomic E-state index is -1.12. The van der Waals surface area contributed by atoms with Crippen LogP contribution >= 0.6 is 11.8 Å². The fraction of sp³-hybridized carbons (Fsp3) is 0.333. The second kappa shape index (κ2) is 5.45. The van der Waals surface area contributed by atoms with Gasteiger partial charge in [-0.25, -0.2) is 0 Å². The zero-order valence-electron chi connectivity index (χ0n) is 7.75. The lowest BCUT2D eigenvalue weighted by atomic mass is 10.3. The Morgan fingerprint density at radius 3 is 2.67 bits per heavy atom. The molecule has 1 aromatic heterocycles. The van der Waals surface area contributed by atoms with Gasteiger partial charge in [-0.3, -0.25) is 9.59 Å². The van der Waals surface area contributed by atoms with Gasteiger partial charge in [-0.15, -0.1) is 11.8 Å². The molecule has 0 bridgehead atoms. The third-order valence-electron chi connectivity index (χ3n) is 1.64. The fourth-order valence-electron chi connectivity index (χ4n) is 0.954. The van der Waals surface area contributed by atoms with Gasteiger partial charge in [0.05, 0.1) is 18.4 Å². The summed E-state index contributed by atoms with van der Waals surface area (Å²) in [6, 6.07) is 3.41. The summed E-state index contributed by atoms with van der Waals surface area (Å²) < 4.78 is 5.01. The highest BCUT2D eigenvalue weighted by atomic mass is 32.2. The number of carboxylic acids is 2. The molecule has 0 saturated heterocycles. The molecule has 0 aliphatic heterocycles. The van der Waals surface area contributed by atoms with Crippen LogP contribution < -0.4 is 0 Å². The molecule has 2 N–H and O–H groups in total. The summed E-state index contributed by atoms with van der Waals surface area (Å²) in [5.41, 5.74) is 0. The average molecular weight is 230 g/mol. The van der Waals surface area contributed by atoms with Crippen molar-refractivity contribution in [3.63, 3.8) is 0 Å². The maximum absolute atomic E-state index is 10.7. The van der Waals surface area contributed by atoms with E-state index in [4.69, 9.17) is 14.6 Å².